The standard InChI is InChI=1S/C24H29N3O4/c1-5-29-22-12-7-19(14-23(22)30-6-2)16-31-21-10-8-20(9-11-21)25-24(28)15-27-18(4)13-17(3)26-27/h7-14H,5-6,15-16H2,1-4H3,(H,25,28). The number of nitrogens with one attached hydrogen (secondary N) is 1. The third-order valence-electron chi connectivity index (χ3n) is 4.55. The molecule has 3 aromatic rings. The second-order valence-electron chi connectivity index (χ2n) is 7.09. The lowest BCUT2D eigenvalue weighted by atomic mass is 10.2. The number of anilines is 1. The van der Waals surface area contributed by atoms with Gasteiger partial charge < -0.3 is 19.5 Å². The highest BCUT2D eigenvalue weighted by atomic mass is 16.5. The molecule has 1 heterocycles. The lowest BCUT2D eigenvalue weighted by molar-refractivity contribution is -0.116. The van der Waals surface area contributed by atoms with Crippen molar-refractivity contribution >= 4 is 11.6 Å². The van der Waals surface area contributed by atoms with Gasteiger partial charge in [0.2, 0.25) is 5.91 Å². The molecule has 2 aromatic carbocycles. The lowest BCUT2D eigenvalue weighted by Gasteiger charge is -2.13. The summed E-state index contributed by atoms with van der Waals surface area (Å²) in [6.45, 7) is 9.45. The van der Waals surface area contributed by atoms with Crippen molar-refractivity contribution in [2.45, 2.75) is 40.8 Å². The van der Waals surface area contributed by atoms with Crippen molar-refractivity contribution in [2.75, 3.05) is 18.5 Å². The van der Waals surface area contributed by atoms with Gasteiger partial charge in [-0.05, 0) is 75.7 Å². The molecule has 1 amide bonds. The molecule has 0 aliphatic rings. The number of hydrogen-bond donors (Lipinski definition) is 1. The van der Waals surface area contributed by atoms with Crippen LogP contribution in [0.1, 0.15) is 30.8 Å². The number of amides is 1. The predicted molar refractivity (Wildman–Crippen MR) is 120 cm³/mol. The van der Waals surface area contributed by atoms with E-state index >= 15 is 0 Å². The monoisotopic (exact) mass is 423 g/mol. The number of carbonyl (C=O) groups excluding carboxylic acids is 1. The van der Waals surface area contributed by atoms with E-state index in [0.29, 0.717) is 37.0 Å². The average Bonchev–Trinajstić information content (AvgIpc) is 3.06. The Kier molecular flexibility index (Phi) is 7.54. The lowest BCUT2D eigenvalue weighted by Crippen LogP contribution is -2.20. The number of carbonyl (C=O) groups is 1. The summed E-state index contributed by atoms with van der Waals surface area (Å²) in [6, 6.07) is 15.0. The summed E-state index contributed by atoms with van der Waals surface area (Å²) in [6.07, 6.45) is 0. The van der Waals surface area contributed by atoms with Crippen molar-refractivity contribution in [3.63, 3.8) is 0 Å². The van der Waals surface area contributed by atoms with E-state index in [1.54, 1.807) is 4.68 Å². The first-order valence-electron chi connectivity index (χ1n) is 10.4. The second-order valence-corrected chi connectivity index (χ2v) is 7.09. The Balaban J connectivity index is 1.55. The molecule has 164 valence electrons. The summed E-state index contributed by atoms with van der Waals surface area (Å²) < 4.78 is 18.8. The van der Waals surface area contributed by atoms with E-state index in [4.69, 9.17) is 14.2 Å². The van der Waals surface area contributed by atoms with Crippen LogP contribution >= 0.6 is 0 Å². The van der Waals surface area contributed by atoms with Crippen LogP contribution < -0.4 is 19.5 Å². The first-order chi connectivity index (χ1) is 15.0. The number of benzene rings is 2. The van der Waals surface area contributed by atoms with Crippen molar-refractivity contribution in [3.8, 4) is 17.2 Å². The Morgan fingerprint density at radius 2 is 1.65 bits per heavy atom. The minimum atomic E-state index is -0.127. The zero-order valence-electron chi connectivity index (χ0n) is 18.5. The van der Waals surface area contributed by atoms with E-state index in [1.165, 1.54) is 0 Å². The summed E-state index contributed by atoms with van der Waals surface area (Å²) in [5.41, 5.74) is 3.54. The second kappa shape index (κ2) is 10.5. The van der Waals surface area contributed by atoms with Crippen molar-refractivity contribution in [2.24, 2.45) is 0 Å². The molecule has 0 saturated carbocycles. The number of aryl methyl sites for hydroxylation is 2. The summed E-state index contributed by atoms with van der Waals surface area (Å²) in [4.78, 5) is 12.3. The fraction of sp³-hybridized carbons (Fsp3) is 0.333. The minimum absolute atomic E-state index is 0.127. The van der Waals surface area contributed by atoms with E-state index in [1.807, 2.05) is 76.2 Å². The van der Waals surface area contributed by atoms with Gasteiger partial charge in [0.1, 0.15) is 18.9 Å². The molecule has 31 heavy (non-hydrogen) atoms. The number of rotatable bonds is 10. The van der Waals surface area contributed by atoms with Crippen LogP contribution in [0.15, 0.2) is 48.5 Å². The minimum Gasteiger partial charge on any atom is -0.490 e. The zero-order valence-corrected chi connectivity index (χ0v) is 18.5. The Morgan fingerprint density at radius 1 is 0.935 bits per heavy atom. The Hall–Kier alpha value is -3.48. The average molecular weight is 424 g/mol. The Morgan fingerprint density at radius 3 is 2.29 bits per heavy atom. The molecule has 0 fully saturated rings. The number of ether oxygens (including phenoxy) is 3. The van der Waals surface area contributed by atoms with Crippen molar-refractivity contribution < 1.29 is 19.0 Å². The van der Waals surface area contributed by atoms with E-state index in [0.717, 1.165) is 22.7 Å². The molecule has 0 unspecified atom stereocenters. The molecule has 7 nitrogen and oxygen atoms in total. The van der Waals surface area contributed by atoms with Gasteiger partial charge >= 0.3 is 0 Å². The molecule has 3 rings (SSSR count). The SMILES string of the molecule is CCOc1ccc(COc2ccc(NC(=O)Cn3nc(C)cc3C)cc2)cc1OCC. The maximum atomic E-state index is 12.3. The van der Waals surface area contributed by atoms with Gasteiger partial charge in [-0.1, -0.05) is 6.07 Å². The highest BCUT2D eigenvalue weighted by molar-refractivity contribution is 5.90. The van der Waals surface area contributed by atoms with Crippen LogP contribution in [-0.4, -0.2) is 28.9 Å². The van der Waals surface area contributed by atoms with Crippen molar-refractivity contribution in [1.82, 2.24) is 9.78 Å². The van der Waals surface area contributed by atoms with Gasteiger partial charge in [-0.15, -0.1) is 0 Å². The molecule has 0 bridgehead atoms. The maximum absolute atomic E-state index is 12.3. The first kappa shape index (κ1) is 22.2. The normalized spacial score (nSPS) is 10.6. The summed E-state index contributed by atoms with van der Waals surface area (Å²) in [5, 5.41) is 7.19. The topological polar surface area (TPSA) is 74.6 Å². The van der Waals surface area contributed by atoms with Crippen molar-refractivity contribution in [1.29, 1.82) is 0 Å². The number of hydrogen-bond acceptors (Lipinski definition) is 5. The highest BCUT2D eigenvalue weighted by Crippen LogP contribution is 2.29. The molecule has 1 N–H and O–H groups in total. The molecular weight excluding hydrogens is 394 g/mol. The summed E-state index contributed by atoms with van der Waals surface area (Å²) >= 11 is 0. The van der Waals surface area contributed by atoms with Gasteiger partial charge in [-0.3, -0.25) is 9.48 Å². The van der Waals surface area contributed by atoms with E-state index < -0.39 is 0 Å². The van der Waals surface area contributed by atoms with Gasteiger partial charge in [0.25, 0.3) is 0 Å². The number of aromatic nitrogens is 2. The summed E-state index contributed by atoms with van der Waals surface area (Å²) in [5.74, 6) is 2.03. The molecule has 1 aromatic heterocycles. The maximum Gasteiger partial charge on any atom is 0.246 e. The Bertz CT molecular complexity index is 1010. The smallest absolute Gasteiger partial charge is 0.246 e. The van der Waals surface area contributed by atoms with Gasteiger partial charge in [-0.25, -0.2) is 0 Å². The third-order valence-corrected chi connectivity index (χ3v) is 4.55. The molecule has 0 radical (unpaired) electrons. The van der Waals surface area contributed by atoms with Gasteiger partial charge in [0.15, 0.2) is 11.5 Å². The van der Waals surface area contributed by atoms with E-state index in [9.17, 15) is 4.79 Å². The molecule has 0 spiro atoms. The van der Waals surface area contributed by atoms with Gasteiger partial charge in [-0.2, -0.15) is 5.10 Å². The van der Waals surface area contributed by atoms with E-state index in [2.05, 4.69) is 10.4 Å². The predicted octanol–water partition coefficient (Wildman–Crippen LogP) is 4.52. The zero-order chi connectivity index (χ0) is 22.2. The van der Waals surface area contributed by atoms with Gasteiger partial charge in [0.05, 0.1) is 18.9 Å². The fourth-order valence-electron chi connectivity index (χ4n) is 3.16. The third kappa shape index (κ3) is 6.25. The molecule has 0 atom stereocenters. The van der Waals surface area contributed by atoms with Crippen LogP contribution in [0.25, 0.3) is 0 Å². The molecule has 0 saturated heterocycles. The van der Waals surface area contributed by atoms with Crippen LogP contribution in [0.2, 0.25) is 0 Å². The largest absolute Gasteiger partial charge is 0.490 e. The van der Waals surface area contributed by atoms with Crippen LogP contribution in [0.5, 0.6) is 17.2 Å². The quantitative estimate of drug-likeness (QED) is 0.519. The Labute approximate surface area is 182 Å². The van der Waals surface area contributed by atoms with Crippen LogP contribution in [0.4, 0.5) is 5.69 Å². The highest BCUT2D eigenvalue weighted by Gasteiger charge is 2.09. The molecular formula is C24H29N3O4. The fourth-order valence-corrected chi connectivity index (χ4v) is 3.16. The molecule has 7 heteroatoms. The van der Waals surface area contributed by atoms with Crippen LogP contribution in [-0.2, 0) is 17.9 Å². The number of nitrogens with zero attached hydrogens (tertiary/aromatic N) is 2. The van der Waals surface area contributed by atoms with E-state index in [-0.39, 0.29) is 12.5 Å². The first-order valence-corrected chi connectivity index (χ1v) is 10.4. The van der Waals surface area contributed by atoms with Crippen molar-refractivity contribution in [3.05, 3.63) is 65.5 Å². The van der Waals surface area contributed by atoms with Gasteiger partial charge in [0, 0.05) is 11.4 Å². The summed E-state index contributed by atoms with van der Waals surface area (Å²) in [7, 11) is 0. The molecule has 0 aliphatic heterocycles. The van der Waals surface area contributed by atoms with Crippen LogP contribution in [0, 0.1) is 13.8 Å². The molecule has 0 aliphatic carbocycles. The van der Waals surface area contributed by atoms with Crippen LogP contribution in [0.3, 0.4) is 0 Å².